The molecule has 1 fully saturated rings. The van der Waals surface area contributed by atoms with Crippen LogP contribution in [0.5, 0.6) is 5.75 Å². The Labute approximate surface area is 239 Å². The lowest BCUT2D eigenvalue weighted by Crippen LogP contribution is -2.39. The molecule has 5 rings (SSSR count). The van der Waals surface area contributed by atoms with Gasteiger partial charge in [-0.05, 0) is 62.2 Å². The maximum atomic E-state index is 14.0. The number of nitrogens with two attached hydrogens (primary N) is 1. The monoisotopic (exact) mass is 579 g/mol. The summed E-state index contributed by atoms with van der Waals surface area (Å²) in [4.78, 5) is 20.5. The minimum absolute atomic E-state index is 0.0218. The molecule has 40 heavy (non-hydrogen) atoms. The van der Waals surface area contributed by atoms with Gasteiger partial charge in [-0.3, -0.25) is 4.79 Å². The average Bonchev–Trinajstić information content (AvgIpc) is 3.47. The Morgan fingerprint density at radius 3 is 2.60 bits per heavy atom. The minimum Gasteiger partial charge on any atom is -0.482 e. The number of nitriles is 1. The number of halogens is 3. The predicted octanol–water partition coefficient (Wildman–Crippen LogP) is 5.86. The van der Waals surface area contributed by atoms with Crippen LogP contribution in [-0.2, 0) is 0 Å². The molecule has 2 aromatic carbocycles. The zero-order valence-electron chi connectivity index (χ0n) is 21.4. The van der Waals surface area contributed by atoms with Crippen LogP contribution in [0.4, 0.5) is 10.2 Å². The largest absolute Gasteiger partial charge is 0.482 e. The molecule has 2 aromatic heterocycles. The SMILES string of the molecule is C[C@@H](Oc1cc(-c2cnn(C3CCN(C(=O)c4ccc(C#N)cc4)CC3)n2)cnc1N)c1c(Cl)ccc(F)c1Cl. The smallest absolute Gasteiger partial charge is 0.253 e. The number of likely N-dealkylation sites (tertiary alicyclic amines) is 1. The summed E-state index contributed by atoms with van der Waals surface area (Å²) in [6, 6.07) is 13.0. The molecule has 1 saturated heterocycles. The maximum Gasteiger partial charge on any atom is 0.253 e. The molecule has 1 aliphatic rings. The number of carbonyl (C=O) groups excluding carboxylic acids is 1. The van der Waals surface area contributed by atoms with Crippen molar-refractivity contribution in [3.63, 3.8) is 0 Å². The zero-order valence-corrected chi connectivity index (χ0v) is 22.9. The molecule has 3 heterocycles. The lowest BCUT2D eigenvalue weighted by atomic mass is 10.0. The number of nitrogens with zero attached hydrogens (tertiary/aromatic N) is 6. The predicted molar refractivity (Wildman–Crippen MR) is 148 cm³/mol. The van der Waals surface area contributed by atoms with Crippen LogP contribution in [0.2, 0.25) is 10.0 Å². The van der Waals surface area contributed by atoms with Crippen LogP contribution < -0.4 is 10.5 Å². The standard InChI is InChI=1S/C28H24Cl2FN7O2/c1-16(25-21(29)6-7-22(31)26(25)30)40-24-12-19(14-34-27(24)33)23-15-35-38(36-23)20-8-10-37(11-9-20)28(39)18-4-2-17(13-32)3-5-18/h2-7,12,14-16,20H,8-11H2,1H3,(H2,33,34)/t16-/m1/s1. The van der Waals surface area contributed by atoms with Crippen molar-refractivity contribution in [2.24, 2.45) is 0 Å². The van der Waals surface area contributed by atoms with E-state index in [-0.39, 0.29) is 33.6 Å². The molecule has 9 nitrogen and oxygen atoms in total. The second kappa shape index (κ2) is 11.5. The van der Waals surface area contributed by atoms with Crippen molar-refractivity contribution in [1.82, 2.24) is 24.9 Å². The summed E-state index contributed by atoms with van der Waals surface area (Å²) >= 11 is 12.4. The molecule has 1 amide bonds. The van der Waals surface area contributed by atoms with Crippen molar-refractivity contribution in [3.8, 4) is 23.1 Å². The molecule has 1 aliphatic heterocycles. The molecule has 0 aliphatic carbocycles. The van der Waals surface area contributed by atoms with Gasteiger partial charge in [-0.2, -0.15) is 20.3 Å². The lowest BCUT2D eigenvalue weighted by Gasteiger charge is -2.31. The van der Waals surface area contributed by atoms with Gasteiger partial charge >= 0.3 is 0 Å². The minimum atomic E-state index is -0.706. The fourth-order valence-electron chi connectivity index (χ4n) is 4.61. The van der Waals surface area contributed by atoms with E-state index in [0.29, 0.717) is 53.9 Å². The number of rotatable bonds is 6. The van der Waals surface area contributed by atoms with E-state index < -0.39 is 11.9 Å². The van der Waals surface area contributed by atoms with Gasteiger partial charge in [0.25, 0.3) is 5.91 Å². The van der Waals surface area contributed by atoms with Crippen LogP contribution in [0.1, 0.15) is 53.4 Å². The lowest BCUT2D eigenvalue weighted by molar-refractivity contribution is 0.0684. The highest BCUT2D eigenvalue weighted by molar-refractivity contribution is 6.36. The van der Waals surface area contributed by atoms with Crippen molar-refractivity contribution >= 4 is 34.9 Å². The van der Waals surface area contributed by atoms with E-state index in [2.05, 4.69) is 21.3 Å². The molecular weight excluding hydrogens is 556 g/mol. The Kier molecular flexibility index (Phi) is 7.87. The number of nitrogen functional groups attached to an aromatic ring is 1. The normalized spacial score (nSPS) is 14.5. The van der Waals surface area contributed by atoms with Crippen LogP contribution >= 0.6 is 23.2 Å². The molecule has 4 aromatic rings. The third kappa shape index (κ3) is 5.57. The van der Waals surface area contributed by atoms with E-state index in [1.165, 1.54) is 12.1 Å². The van der Waals surface area contributed by atoms with Gasteiger partial charge in [0.15, 0.2) is 11.6 Å². The highest BCUT2D eigenvalue weighted by Crippen LogP contribution is 2.37. The summed E-state index contributed by atoms with van der Waals surface area (Å²) in [5.41, 5.74) is 8.64. The van der Waals surface area contributed by atoms with Crippen LogP contribution in [0, 0.1) is 17.1 Å². The first-order valence-corrected chi connectivity index (χ1v) is 13.3. The maximum absolute atomic E-state index is 14.0. The van der Waals surface area contributed by atoms with E-state index in [1.807, 2.05) is 0 Å². The van der Waals surface area contributed by atoms with Crippen molar-refractivity contribution in [2.75, 3.05) is 18.8 Å². The fourth-order valence-corrected chi connectivity index (χ4v) is 5.29. The van der Waals surface area contributed by atoms with E-state index in [9.17, 15) is 9.18 Å². The van der Waals surface area contributed by atoms with Gasteiger partial charge in [0.05, 0.1) is 28.9 Å². The molecule has 1 atom stereocenters. The number of ether oxygens (including phenoxy) is 1. The molecule has 0 spiro atoms. The highest BCUT2D eigenvalue weighted by Gasteiger charge is 2.26. The summed E-state index contributed by atoms with van der Waals surface area (Å²) < 4.78 is 20.0. The highest BCUT2D eigenvalue weighted by atomic mass is 35.5. The number of amides is 1. The van der Waals surface area contributed by atoms with E-state index in [0.717, 1.165) is 0 Å². The van der Waals surface area contributed by atoms with Crippen LogP contribution in [0.3, 0.4) is 0 Å². The van der Waals surface area contributed by atoms with Gasteiger partial charge in [-0.25, -0.2) is 9.37 Å². The summed E-state index contributed by atoms with van der Waals surface area (Å²) in [5.74, 6) is -0.249. The topological polar surface area (TPSA) is 123 Å². The molecule has 2 N–H and O–H groups in total. The molecule has 0 radical (unpaired) electrons. The van der Waals surface area contributed by atoms with Gasteiger partial charge in [-0.15, -0.1) is 0 Å². The second-order valence-electron chi connectivity index (χ2n) is 9.39. The van der Waals surface area contributed by atoms with Gasteiger partial charge in [0.1, 0.15) is 17.6 Å². The summed E-state index contributed by atoms with van der Waals surface area (Å²) in [6.07, 6.45) is 3.88. The quantitative estimate of drug-likeness (QED) is 0.284. The van der Waals surface area contributed by atoms with Crippen LogP contribution in [-0.4, -0.2) is 43.9 Å². The Morgan fingerprint density at radius 2 is 1.90 bits per heavy atom. The van der Waals surface area contributed by atoms with Crippen molar-refractivity contribution in [2.45, 2.75) is 31.9 Å². The van der Waals surface area contributed by atoms with Crippen LogP contribution in [0.25, 0.3) is 11.3 Å². The Balaban J connectivity index is 1.26. The van der Waals surface area contributed by atoms with Crippen LogP contribution in [0.15, 0.2) is 54.9 Å². The van der Waals surface area contributed by atoms with Gasteiger partial charge in [-0.1, -0.05) is 23.2 Å². The Hall–Kier alpha value is -4.20. The molecule has 0 saturated carbocycles. The number of benzene rings is 2. The second-order valence-corrected chi connectivity index (χ2v) is 10.2. The number of hydrogen-bond donors (Lipinski definition) is 1. The molecule has 204 valence electrons. The van der Waals surface area contributed by atoms with Gasteiger partial charge in [0, 0.05) is 41.0 Å². The van der Waals surface area contributed by atoms with Crippen molar-refractivity contribution < 1.29 is 13.9 Å². The molecule has 0 unspecified atom stereocenters. The van der Waals surface area contributed by atoms with E-state index >= 15 is 0 Å². The summed E-state index contributed by atoms with van der Waals surface area (Å²) in [6.45, 7) is 2.81. The number of carbonyl (C=O) groups is 1. The fraction of sp³-hybridized carbons (Fsp3) is 0.250. The Bertz CT molecular complexity index is 1600. The van der Waals surface area contributed by atoms with Crippen molar-refractivity contribution in [3.05, 3.63) is 87.4 Å². The first-order chi connectivity index (χ1) is 19.2. The number of pyridine rings is 1. The van der Waals surface area contributed by atoms with Gasteiger partial charge < -0.3 is 15.4 Å². The molecular formula is C28H24Cl2FN7O2. The van der Waals surface area contributed by atoms with E-state index in [4.69, 9.17) is 38.9 Å². The third-order valence-electron chi connectivity index (χ3n) is 6.82. The number of anilines is 1. The number of hydrogen-bond acceptors (Lipinski definition) is 7. The van der Waals surface area contributed by atoms with Gasteiger partial charge in [0.2, 0.25) is 0 Å². The average molecular weight is 580 g/mol. The first kappa shape index (κ1) is 27.4. The number of piperidine rings is 1. The van der Waals surface area contributed by atoms with Crippen molar-refractivity contribution in [1.29, 1.82) is 5.26 Å². The summed E-state index contributed by atoms with van der Waals surface area (Å²) in [7, 11) is 0. The summed E-state index contributed by atoms with van der Waals surface area (Å²) in [5, 5.41) is 18.2. The Morgan fingerprint density at radius 1 is 1.18 bits per heavy atom. The van der Waals surface area contributed by atoms with E-state index in [1.54, 1.807) is 59.3 Å². The zero-order chi connectivity index (χ0) is 28.4. The molecule has 0 bridgehead atoms. The molecule has 12 heteroatoms. The first-order valence-electron chi connectivity index (χ1n) is 12.5. The number of aromatic nitrogens is 4. The third-order valence-corrected chi connectivity index (χ3v) is 7.53.